The van der Waals surface area contributed by atoms with Crippen molar-refractivity contribution >= 4 is 34.6 Å². The van der Waals surface area contributed by atoms with Gasteiger partial charge in [-0.15, -0.1) is 0 Å². The van der Waals surface area contributed by atoms with Crippen LogP contribution in [-0.4, -0.2) is 30.6 Å². The summed E-state index contributed by atoms with van der Waals surface area (Å²) in [4.78, 5) is 14.2. The molecule has 0 aromatic heterocycles. The van der Waals surface area contributed by atoms with Crippen LogP contribution in [0.5, 0.6) is 0 Å². The number of para-hydroxylation sites is 1. The van der Waals surface area contributed by atoms with E-state index < -0.39 is 0 Å². The number of amides is 1. The molecule has 4 rings (SSSR count). The molecule has 25 heavy (non-hydrogen) atoms. The summed E-state index contributed by atoms with van der Waals surface area (Å²) < 4.78 is 7.80. The van der Waals surface area contributed by atoms with Crippen LogP contribution in [0.1, 0.15) is 24.0 Å². The summed E-state index contributed by atoms with van der Waals surface area (Å²) in [6.07, 6.45) is 1.78. The third-order valence-electron chi connectivity index (χ3n) is 5.36. The predicted molar refractivity (Wildman–Crippen MR) is 107 cm³/mol. The lowest BCUT2D eigenvalue weighted by Gasteiger charge is -2.39. The van der Waals surface area contributed by atoms with Crippen LogP contribution in [0.4, 0.5) is 10.5 Å². The molecule has 130 valence electrons. The van der Waals surface area contributed by atoms with Gasteiger partial charge in [0.25, 0.3) is 0 Å². The van der Waals surface area contributed by atoms with Crippen molar-refractivity contribution in [2.75, 3.05) is 22.7 Å². The predicted octanol–water partition coefficient (Wildman–Crippen LogP) is 4.53. The zero-order valence-electron chi connectivity index (χ0n) is 14.0. The molecule has 0 N–H and O–H groups in total. The topological polar surface area (TPSA) is 32.8 Å². The molecule has 5 heteroatoms. The van der Waals surface area contributed by atoms with Gasteiger partial charge in [0.2, 0.25) is 0 Å². The fourth-order valence-electron chi connectivity index (χ4n) is 3.93. The van der Waals surface area contributed by atoms with Gasteiger partial charge in [-0.3, -0.25) is 0 Å². The maximum atomic E-state index is 12.4. The summed E-state index contributed by atoms with van der Waals surface area (Å²) in [5.74, 6) is 0. The number of benzene rings is 2. The van der Waals surface area contributed by atoms with Gasteiger partial charge in [0.05, 0.1) is 22.9 Å². The molecule has 2 aromatic rings. The monoisotopic (exact) mass is 448 g/mol. The lowest BCUT2D eigenvalue weighted by Crippen LogP contribution is -2.46. The minimum atomic E-state index is -0.198. The molecule has 1 fully saturated rings. The highest BCUT2D eigenvalue weighted by Crippen LogP contribution is 2.48. The molecule has 0 saturated carbocycles. The molecule has 0 unspecified atom stereocenters. The van der Waals surface area contributed by atoms with Crippen LogP contribution >= 0.6 is 22.9 Å². The molecule has 1 saturated heterocycles. The van der Waals surface area contributed by atoms with Crippen molar-refractivity contribution in [1.82, 2.24) is 4.90 Å². The minimum Gasteiger partial charge on any atom is -0.445 e. The van der Waals surface area contributed by atoms with E-state index in [-0.39, 0.29) is 11.5 Å². The molecule has 0 radical (unpaired) electrons. The SMILES string of the molecule is O=C(OCc1ccccc1)N1CCC2(CC1)CN(I)c1ccccc12. The molecule has 0 bridgehead atoms. The Labute approximate surface area is 162 Å². The smallest absolute Gasteiger partial charge is 0.410 e. The van der Waals surface area contributed by atoms with Gasteiger partial charge in [-0.05, 0) is 30.0 Å². The van der Waals surface area contributed by atoms with Gasteiger partial charge in [0, 0.05) is 30.7 Å². The first-order chi connectivity index (χ1) is 12.2. The Balaban J connectivity index is 1.38. The first-order valence-corrected chi connectivity index (χ1v) is 9.63. The number of hydrogen-bond donors (Lipinski definition) is 0. The second-order valence-electron chi connectivity index (χ2n) is 6.84. The number of ether oxygens (including phenoxy) is 1. The van der Waals surface area contributed by atoms with E-state index in [1.165, 1.54) is 11.3 Å². The van der Waals surface area contributed by atoms with E-state index in [0.29, 0.717) is 6.61 Å². The number of rotatable bonds is 2. The Bertz CT molecular complexity index is 757. The van der Waals surface area contributed by atoms with Crippen molar-refractivity contribution in [3.63, 3.8) is 0 Å². The zero-order valence-corrected chi connectivity index (χ0v) is 16.2. The summed E-state index contributed by atoms with van der Waals surface area (Å²) in [7, 11) is 0. The number of carbonyl (C=O) groups excluding carboxylic acids is 1. The van der Waals surface area contributed by atoms with E-state index in [9.17, 15) is 4.79 Å². The van der Waals surface area contributed by atoms with E-state index in [1.807, 2.05) is 35.2 Å². The number of piperidine rings is 1. The van der Waals surface area contributed by atoms with Gasteiger partial charge in [0.15, 0.2) is 0 Å². The number of anilines is 1. The molecule has 1 spiro atoms. The van der Waals surface area contributed by atoms with Crippen molar-refractivity contribution in [3.8, 4) is 0 Å². The lowest BCUT2D eigenvalue weighted by molar-refractivity contribution is 0.0792. The van der Waals surface area contributed by atoms with Crippen molar-refractivity contribution in [3.05, 3.63) is 65.7 Å². The normalized spacial score (nSPS) is 18.3. The summed E-state index contributed by atoms with van der Waals surface area (Å²) in [5.41, 5.74) is 3.95. The average Bonchev–Trinajstić information content (AvgIpc) is 2.93. The summed E-state index contributed by atoms with van der Waals surface area (Å²) in [6.45, 7) is 2.88. The number of nitrogens with zero attached hydrogens (tertiary/aromatic N) is 2. The quantitative estimate of drug-likeness (QED) is 0.500. The standard InChI is InChI=1S/C20H21IN2O2/c21-23-15-20(17-8-4-5-9-18(17)23)10-12-22(13-11-20)19(24)25-14-16-6-2-1-3-7-16/h1-9H,10-15H2. The number of carbonyl (C=O) groups is 1. The Morgan fingerprint density at radius 2 is 1.72 bits per heavy atom. The van der Waals surface area contributed by atoms with Crippen LogP contribution in [0, 0.1) is 0 Å². The van der Waals surface area contributed by atoms with Crippen molar-refractivity contribution in [2.45, 2.75) is 24.9 Å². The average molecular weight is 448 g/mol. The zero-order chi connectivity index (χ0) is 17.3. The van der Waals surface area contributed by atoms with Gasteiger partial charge in [0.1, 0.15) is 6.61 Å². The van der Waals surface area contributed by atoms with Crippen LogP contribution in [0.25, 0.3) is 0 Å². The summed E-state index contributed by atoms with van der Waals surface area (Å²) in [5, 5.41) is 0. The first kappa shape index (κ1) is 16.7. The molecule has 4 nitrogen and oxygen atoms in total. The van der Waals surface area contributed by atoms with E-state index in [4.69, 9.17) is 4.74 Å². The highest BCUT2D eigenvalue weighted by Gasteiger charge is 2.44. The Morgan fingerprint density at radius 1 is 1.04 bits per heavy atom. The maximum absolute atomic E-state index is 12.4. The fraction of sp³-hybridized carbons (Fsp3) is 0.350. The van der Waals surface area contributed by atoms with E-state index in [1.54, 1.807) is 0 Å². The van der Waals surface area contributed by atoms with E-state index in [0.717, 1.165) is 38.0 Å². The van der Waals surface area contributed by atoms with Crippen LogP contribution in [0.15, 0.2) is 54.6 Å². The Kier molecular flexibility index (Phi) is 4.58. The summed E-state index contributed by atoms with van der Waals surface area (Å²) in [6, 6.07) is 18.5. The molecule has 2 aliphatic rings. The van der Waals surface area contributed by atoms with Gasteiger partial charge in [-0.1, -0.05) is 48.5 Å². The van der Waals surface area contributed by atoms with Crippen LogP contribution in [-0.2, 0) is 16.8 Å². The molecule has 0 atom stereocenters. The van der Waals surface area contributed by atoms with E-state index >= 15 is 0 Å². The van der Waals surface area contributed by atoms with Crippen LogP contribution in [0.3, 0.4) is 0 Å². The van der Waals surface area contributed by atoms with Gasteiger partial charge in [-0.25, -0.2) is 4.79 Å². The van der Waals surface area contributed by atoms with Crippen molar-refractivity contribution in [2.24, 2.45) is 0 Å². The van der Waals surface area contributed by atoms with Gasteiger partial charge < -0.3 is 12.8 Å². The molecule has 2 aromatic carbocycles. The largest absolute Gasteiger partial charge is 0.445 e. The number of fused-ring (bicyclic) bond motifs is 2. The summed E-state index contributed by atoms with van der Waals surface area (Å²) >= 11 is 2.40. The second-order valence-corrected chi connectivity index (χ2v) is 8.01. The van der Waals surface area contributed by atoms with E-state index in [2.05, 4.69) is 50.2 Å². The van der Waals surface area contributed by atoms with Gasteiger partial charge >= 0.3 is 6.09 Å². The number of halogens is 1. The fourth-order valence-corrected chi connectivity index (χ4v) is 5.00. The Morgan fingerprint density at radius 3 is 2.48 bits per heavy atom. The van der Waals surface area contributed by atoms with Crippen molar-refractivity contribution in [1.29, 1.82) is 0 Å². The molecule has 0 aliphatic carbocycles. The maximum Gasteiger partial charge on any atom is 0.410 e. The first-order valence-electron chi connectivity index (χ1n) is 8.66. The Hall–Kier alpha value is -1.76. The highest BCUT2D eigenvalue weighted by molar-refractivity contribution is 14.1. The van der Waals surface area contributed by atoms with Crippen LogP contribution in [0.2, 0.25) is 0 Å². The molecule has 2 heterocycles. The molecular formula is C20H21IN2O2. The molecular weight excluding hydrogens is 427 g/mol. The lowest BCUT2D eigenvalue weighted by atomic mass is 9.74. The third-order valence-corrected chi connectivity index (χ3v) is 6.22. The number of likely N-dealkylation sites (tertiary alicyclic amines) is 1. The third kappa shape index (κ3) is 3.21. The number of hydrogen-bond acceptors (Lipinski definition) is 3. The molecule has 2 aliphatic heterocycles. The minimum absolute atomic E-state index is 0.175. The van der Waals surface area contributed by atoms with Gasteiger partial charge in [-0.2, -0.15) is 0 Å². The molecule has 1 amide bonds. The van der Waals surface area contributed by atoms with Crippen LogP contribution < -0.4 is 3.11 Å². The van der Waals surface area contributed by atoms with Crippen molar-refractivity contribution < 1.29 is 9.53 Å². The second kappa shape index (κ2) is 6.86. The highest BCUT2D eigenvalue weighted by atomic mass is 127.